The van der Waals surface area contributed by atoms with Crippen molar-refractivity contribution in [1.29, 1.82) is 0 Å². The molecule has 0 unspecified atom stereocenters. The second kappa shape index (κ2) is 4.19. The average Bonchev–Trinajstić information content (AvgIpc) is 2.38. The Morgan fingerprint density at radius 1 is 0.765 bits per heavy atom. The van der Waals surface area contributed by atoms with Crippen LogP contribution < -0.4 is 0 Å². The van der Waals surface area contributed by atoms with E-state index < -0.39 is 0 Å². The van der Waals surface area contributed by atoms with Gasteiger partial charge in [-0.2, -0.15) is 0 Å². The summed E-state index contributed by atoms with van der Waals surface area (Å²) in [6.45, 7) is 0. The van der Waals surface area contributed by atoms with Gasteiger partial charge in [0.05, 0.1) is 5.02 Å². The first-order valence-electron chi connectivity index (χ1n) is 5.43. The number of rotatable bonds is 1. The Hall–Kier alpha value is -1.86. The van der Waals surface area contributed by atoms with Gasteiger partial charge in [0.15, 0.2) is 0 Å². The van der Waals surface area contributed by atoms with Crippen molar-refractivity contribution in [2.75, 3.05) is 0 Å². The smallest absolute Gasteiger partial charge is 0.0595 e. The van der Waals surface area contributed by atoms with Crippen LogP contribution in [0.1, 0.15) is 0 Å². The van der Waals surface area contributed by atoms with Gasteiger partial charge in [-0.3, -0.25) is 4.98 Å². The summed E-state index contributed by atoms with van der Waals surface area (Å²) < 4.78 is 0. The van der Waals surface area contributed by atoms with E-state index in [0.717, 1.165) is 11.1 Å². The van der Waals surface area contributed by atoms with E-state index in [0.29, 0.717) is 5.02 Å². The molecule has 0 fully saturated rings. The summed E-state index contributed by atoms with van der Waals surface area (Å²) in [6.07, 6.45) is 3.47. The minimum atomic E-state index is 0.663. The molecule has 1 heterocycles. The predicted molar refractivity (Wildman–Crippen MR) is 72.2 cm³/mol. The van der Waals surface area contributed by atoms with Gasteiger partial charge in [0.2, 0.25) is 0 Å². The van der Waals surface area contributed by atoms with Crippen molar-refractivity contribution in [1.82, 2.24) is 4.98 Å². The monoisotopic (exact) mass is 239 g/mol. The fourth-order valence-corrected chi connectivity index (χ4v) is 2.11. The van der Waals surface area contributed by atoms with E-state index >= 15 is 0 Å². The summed E-state index contributed by atoms with van der Waals surface area (Å²) in [7, 11) is 0. The Morgan fingerprint density at radius 3 is 2.41 bits per heavy atom. The van der Waals surface area contributed by atoms with E-state index in [-0.39, 0.29) is 0 Å². The number of halogens is 1. The van der Waals surface area contributed by atoms with Crippen LogP contribution in [0.15, 0.2) is 60.9 Å². The van der Waals surface area contributed by atoms with Crippen LogP contribution in [0.5, 0.6) is 0 Å². The molecule has 82 valence electrons. The number of hydrogen-bond donors (Lipinski definition) is 0. The average molecular weight is 240 g/mol. The molecule has 0 atom stereocenters. The van der Waals surface area contributed by atoms with Crippen LogP contribution in [0.3, 0.4) is 0 Å². The van der Waals surface area contributed by atoms with E-state index in [1.165, 1.54) is 10.8 Å². The lowest BCUT2D eigenvalue weighted by molar-refractivity contribution is 1.33. The van der Waals surface area contributed by atoms with Gasteiger partial charge in [-0.05, 0) is 28.5 Å². The largest absolute Gasteiger partial charge is 0.263 e. The molecule has 17 heavy (non-hydrogen) atoms. The standard InChI is InChI=1S/C15H10ClN/c16-15-8-14(9-17-10-15)13-6-5-11-3-1-2-4-12(11)7-13/h1-10H. The van der Waals surface area contributed by atoms with Crippen molar-refractivity contribution < 1.29 is 0 Å². The molecule has 0 N–H and O–H groups in total. The quantitative estimate of drug-likeness (QED) is 0.607. The maximum atomic E-state index is 5.95. The fraction of sp³-hybridized carbons (Fsp3) is 0. The van der Waals surface area contributed by atoms with Crippen LogP contribution in [0, 0.1) is 0 Å². The lowest BCUT2D eigenvalue weighted by Crippen LogP contribution is -1.81. The summed E-state index contributed by atoms with van der Waals surface area (Å²) in [6, 6.07) is 16.6. The first kappa shape index (κ1) is 10.3. The molecule has 0 radical (unpaired) electrons. The zero-order chi connectivity index (χ0) is 11.7. The second-order valence-corrected chi connectivity index (χ2v) is 4.39. The third kappa shape index (κ3) is 2.02. The normalized spacial score (nSPS) is 10.6. The summed E-state index contributed by atoms with van der Waals surface area (Å²) in [4.78, 5) is 4.11. The van der Waals surface area contributed by atoms with E-state index in [2.05, 4.69) is 35.3 Å². The molecule has 0 aliphatic rings. The van der Waals surface area contributed by atoms with Gasteiger partial charge < -0.3 is 0 Å². The van der Waals surface area contributed by atoms with E-state index in [4.69, 9.17) is 11.6 Å². The maximum absolute atomic E-state index is 5.95. The lowest BCUT2D eigenvalue weighted by Gasteiger charge is -2.04. The van der Waals surface area contributed by atoms with Crippen LogP contribution in [-0.2, 0) is 0 Å². The minimum Gasteiger partial charge on any atom is -0.263 e. The fourth-order valence-electron chi connectivity index (χ4n) is 1.94. The molecule has 0 saturated heterocycles. The zero-order valence-corrected chi connectivity index (χ0v) is 9.85. The Kier molecular flexibility index (Phi) is 2.54. The number of pyridine rings is 1. The third-order valence-electron chi connectivity index (χ3n) is 2.79. The summed E-state index contributed by atoms with van der Waals surface area (Å²) in [5.41, 5.74) is 2.18. The Bertz CT molecular complexity index is 676. The van der Waals surface area contributed by atoms with E-state index in [1.54, 1.807) is 6.20 Å². The molecule has 3 rings (SSSR count). The topological polar surface area (TPSA) is 12.9 Å². The van der Waals surface area contributed by atoms with Crippen molar-refractivity contribution in [2.24, 2.45) is 0 Å². The highest BCUT2D eigenvalue weighted by atomic mass is 35.5. The van der Waals surface area contributed by atoms with Gasteiger partial charge in [-0.25, -0.2) is 0 Å². The Morgan fingerprint density at radius 2 is 1.59 bits per heavy atom. The van der Waals surface area contributed by atoms with E-state index in [9.17, 15) is 0 Å². The molecule has 0 bridgehead atoms. The van der Waals surface area contributed by atoms with Crippen molar-refractivity contribution in [3.8, 4) is 11.1 Å². The first-order valence-corrected chi connectivity index (χ1v) is 5.80. The molecule has 3 aromatic rings. The molecule has 0 spiro atoms. The molecule has 2 aromatic carbocycles. The van der Waals surface area contributed by atoms with Crippen LogP contribution in [-0.4, -0.2) is 4.98 Å². The van der Waals surface area contributed by atoms with Gasteiger partial charge in [0.1, 0.15) is 0 Å². The van der Waals surface area contributed by atoms with Crippen molar-refractivity contribution in [3.05, 3.63) is 65.9 Å². The molecule has 0 saturated carbocycles. The minimum absolute atomic E-state index is 0.663. The van der Waals surface area contributed by atoms with Gasteiger partial charge >= 0.3 is 0 Å². The number of hydrogen-bond acceptors (Lipinski definition) is 1. The van der Waals surface area contributed by atoms with Crippen molar-refractivity contribution in [2.45, 2.75) is 0 Å². The van der Waals surface area contributed by atoms with Gasteiger partial charge in [0.25, 0.3) is 0 Å². The summed E-state index contributed by atoms with van der Waals surface area (Å²) in [5.74, 6) is 0. The lowest BCUT2D eigenvalue weighted by atomic mass is 10.0. The molecular weight excluding hydrogens is 230 g/mol. The highest BCUT2D eigenvalue weighted by Crippen LogP contribution is 2.25. The zero-order valence-electron chi connectivity index (χ0n) is 9.10. The molecule has 0 aliphatic heterocycles. The van der Waals surface area contributed by atoms with Gasteiger partial charge in [-0.15, -0.1) is 0 Å². The molecule has 1 aromatic heterocycles. The van der Waals surface area contributed by atoms with E-state index in [1.807, 2.05) is 24.4 Å². The highest BCUT2D eigenvalue weighted by molar-refractivity contribution is 6.30. The van der Waals surface area contributed by atoms with Gasteiger partial charge in [0, 0.05) is 18.0 Å². The predicted octanol–water partition coefficient (Wildman–Crippen LogP) is 4.56. The SMILES string of the molecule is Clc1cncc(-c2ccc3ccccc3c2)c1. The Labute approximate surface area is 105 Å². The first-order chi connectivity index (χ1) is 8.33. The van der Waals surface area contributed by atoms with Crippen LogP contribution in [0.4, 0.5) is 0 Å². The molecular formula is C15H10ClN. The number of fused-ring (bicyclic) bond motifs is 1. The van der Waals surface area contributed by atoms with Gasteiger partial charge in [-0.1, -0.05) is 48.0 Å². The van der Waals surface area contributed by atoms with Crippen LogP contribution >= 0.6 is 11.6 Å². The second-order valence-electron chi connectivity index (χ2n) is 3.95. The van der Waals surface area contributed by atoms with Crippen LogP contribution in [0.2, 0.25) is 5.02 Å². The van der Waals surface area contributed by atoms with Crippen molar-refractivity contribution in [3.63, 3.8) is 0 Å². The Balaban J connectivity index is 2.18. The highest BCUT2D eigenvalue weighted by Gasteiger charge is 2.00. The number of nitrogens with zero attached hydrogens (tertiary/aromatic N) is 1. The maximum Gasteiger partial charge on any atom is 0.0595 e. The van der Waals surface area contributed by atoms with Crippen molar-refractivity contribution >= 4 is 22.4 Å². The van der Waals surface area contributed by atoms with Crippen LogP contribution in [0.25, 0.3) is 21.9 Å². The number of benzene rings is 2. The molecule has 2 heteroatoms. The molecule has 0 aliphatic carbocycles. The molecule has 0 amide bonds. The summed E-state index contributed by atoms with van der Waals surface area (Å²) in [5, 5.41) is 3.13. The number of aromatic nitrogens is 1. The third-order valence-corrected chi connectivity index (χ3v) is 2.99. The summed E-state index contributed by atoms with van der Waals surface area (Å²) >= 11 is 5.95. The molecule has 1 nitrogen and oxygen atoms in total.